The van der Waals surface area contributed by atoms with Gasteiger partial charge in [-0.15, -0.1) is 0 Å². The van der Waals surface area contributed by atoms with Gasteiger partial charge in [0.1, 0.15) is 16.6 Å². The summed E-state index contributed by atoms with van der Waals surface area (Å²) in [7, 11) is 2.01. The van der Waals surface area contributed by atoms with E-state index in [0.717, 1.165) is 13.1 Å². The molecule has 114 valence electrons. The number of piperazine rings is 1. The number of nitrogens with zero attached hydrogens (tertiary/aromatic N) is 2. The Morgan fingerprint density at radius 2 is 2.05 bits per heavy atom. The van der Waals surface area contributed by atoms with Crippen LogP contribution in [0.2, 0.25) is 0 Å². The van der Waals surface area contributed by atoms with E-state index in [0.29, 0.717) is 13.1 Å². The normalized spacial score (nSPS) is 15.8. The third-order valence-electron chi connectivity index (χ3n) is 3.43. The van der Waals surface area contributed by atoms with E-state index in [9.17, 15) is 9.18 Å². The van der Waals surface area contributed by atoms with Crippen LogP contribution in [0.3, 0.4) is 0 Å². The molecule has 2 N–H and O–H groups in total. The number of thiocarbonyl (C=S) groups is 1. The molecule has 0 radical (unpaired) electrons. The van der Waals surface area contributed by atoms with E-state index in [4.69, 9.17) is 22.7 Å². The van der Waals surface area contributed by atoms with Gasteiger partial charge in [0.05, 0.1) is 5.56 Å². The van der Waals surface area contributed by atoms with E-state index in [-0.39, 0.29) is 28.8 Å². The second kappa shape index (κ2) is 6.82. The van der Waals surface area contributed by atoms with Gasteiger partial charge in [-0.1, -0.05) is 18.3 Å². The van der Waals surface area contributed by atoms with E-state index < -0.39 is 5.82 Å². The molecule has 0 saturated carbocycles. The Labute approximate surface area is 128 Å². The summed E-state index contributed by atoms with van der Waals surface area (Å²) >= 11 is 4.81. The van der Waals surface area contributed by atoms with E-state index in [1.807, 2.05) is 7.05 Å². The second-order valence-electron chi connectivity index (χ2n) is 4.95. The monoisotopic (exact) mass is 311 g/mol. The zero-order chi connectivity index (χ0) is 15.4. The predicted octanol–water partition coefficient (Wildman–Crippen LogP) is 0.613. The molecule has 1 heterocycles. The van der Waals surface area contributed by atoms with Crippen molar-refractivity contribution in [2.75, 3.05) is 39.8 Å². The fourth-order valence-corrected chi connectivity index (χ4v) is 2.35. The van der Waals surface area contributed by atoms with Gasteiger partial charge in [-0.2, -0.15) is 0 Å². The zero-order valence-corrected chi connectivity index (χ0v) is 12.7. The Bertz CT molecular complexity index is 545. The first-order chi connectivity index (χ1) is 9.99. The third-order valence-corrected chi connectivity index (χ3v) is 3.63. The topological polar surface area (TPSA) is 58.8 Å². The molecule has 1 aliphatic heterocycles. The minimum atomic E-state index is -0.549. The van der Waals surface area contributed by atoms with Gasteiger partial charge in [-0.3, -0.25) is 4.79 Å². The highest BCUT2D eigenvalue weighted by atomic mass is 32.1. The molecule has 7 heteroatoms. The molecule has 0 aliphatic carbocycles. The number of amides is 1. The number of benzene rings is 1. The van der Waals surface area contributed by atoms with Crippen LogP contribution >= 0.6 is 12.2 Å². The first-order valence-electron chi connectivity index (χ1n) is 6.66. The van der Waals surface area contributed by atoms with Gasteiger partial charge < -0.3 is 20.3 Å². The summed E-state index contributed by atoms with van der Waals surface area (Å²) in [4.78, 5) is 15.9. The molecule has 5 nitrogen and oxygen atoms in total. The fraction of sp³-hybridized carbons (Fsp3) is 0.429. The summed E-state index contributed by atoms with van der Waals surface area (Å²) in [6.07, 6.45) is 0. The Kier molecular flexibility index (Phi) is 5.08. The van der Waals surface area contributed by atoms with E-state index in [2.05, 4.69) is 4.90 Å². The van der Waals surface area contributed by atoms with Crippen molar-refractivity contribution in [2.45, 2.75) is 0 Å². The van der Waals surface area contributed by atoms with Gasteiger partial charge in [-0.25, -0.2) is 4.39 Å². The van der Waals surface area contributed by atoms with Gasteiger partial charge in [0.25, 0.3) is 5.91 Å². The number of hydrogen-bond acceptors (Lipinski definition) is 4. The standard InChI is InChI=1S/C14H18FN3O2S/c1-17-5-7-18(8-6-17)12(19)9-20-11-4-2-3-10(15)13(11)14(16)21/h2-4H,5-9H2,1H3,(H2,16,21). The Balaban J connectivity index is 1.98. The maximum Gasteiger partial charge on any atom is 0.260 e. The van der Waals surface area contributed by atoms with Crippen LogP contribution in [0.4, 0.5) is 4.39 Å². The van der Waals surface area contributed by atoms with E-state index >= 15 is 0 Å². The average Bonchev–Trinajstić information content (AvgIpc) is 2.45. The van der Waals surface area contributed by atoms with Crippen molar-refractivity contribution in [3.05, 3.63) is 29.6 Å². The number of rotatable bonds is 4. The molecule has 1 aromatic carbocycles. The van der Waals surface area contributed by atoms with E-state index in [1.54, 1.807) is 11.0 Å². The molecule has 0 aromatic heterocycles. The summed E-state index contributed by atoms with van der Waals surface area (Å²) in [5, 5.41) is 0. The third kappa shape index (κ3) is 3.89. The molecule has 0 bridgehead atoms. The van der Waals surface area contributed by atoms with Crippen LogP contribution in [-0.4, -0.2) is 60.5 Å². The van der Waals surface area contributed by atoms with Crippen molar-refractivity contribution in [1.29, 1.82) is 0 Å². The number of nitrogens with two attached hydrogens (primary N) is 1. The van der Waals surface area contributed by atoms with Crippen LogP contribution in [0.15, 0.2) is 18.2 Å². The second-order valence-corrected chi connectivity index (χ2v) is 5.39. The van der Waals surface area contributed by atoms with Crippen molar-refractivity contribution in [1.82, 2.24) is 9.80 Å². The quantitative estimate of drug-likeness (QED) is 0.826. The van der Waals surface area contributed by atoms with Crippen molar-refractivity contribution in [3.8, 4) is 5.75 Å². The van der Waals surface area contributed by atoms with Crippen molar-refractivity contribution in [2.24, 2.45) is 5.73 Å². The molecule has 1 amide bonds. The zero-order valence-electron chi connectivity index (χ0n) is 11.8. The maximum absolute atomic E-state index is 13.7. The predicted molar refractivity (Wildman–Crippen MR) is 81.9 cm³/mol. The van der Waals surface area contributed by atoms with Crippen LogP contribution in [0.5, 0.6) is 5.75 Å². The largest absolute Gasteiger partial charge is 0.483 e. The van der Waals surface area contributed by atoms with Crippen molar-refractivity contribution in [3.63, 3.8) is 0 Å². The number of hydrogen-bond donors (Lipinski definition) is 1. The highest BCUT2D eigenvalue weighted by Gasteiger charge is 2.20. The lowest BCUT2D eigenvalue weighted by molar-refractivity contribution is -0.134. The SMILES string of the molecule is CN1CCN(C(=O)COc2cccc(F)c2C(N)=S)CC1. The van der Waals surface area contributed by atoms with Crippen LogP contribution in [0, 0.1) is 5.82 Å². The van der Waals surface area contributed by atoms with Crippen LogP contribution in [0.1, 0.15) is 5.56 Å². The molecule has 1 fully saturated rings. The summed E-state index contributed by atoms with van der Waals surface area (Å²) in [5.74, 6) is -0.474. The van der Waals surface area contributed by atoms with Gasteiger partial charge in [-0.05, 0) is 19.2 Å². The van der Waals surface area contributed by atoms with Crippen LogP contribution < -0.4 is 10.5 Å². The minimum absolute atomic E-state index is 0.0404. The molecule has 0 atom stereocenters. The number of carbonyl (C=O) groups excluding carboxylic acids is 1. The first-order valence-corrected chi connectivity index (χ1v) is 7.07. The lowest BCUT2D eigenvalue weighted by atomic mass is 10.2. The summed E-state index contributed by atoms with van der Waals surface area (Å²) in [6, 6.07) is 4.30. The average molecular weight is 311 g/mol. The Hall–Kier alpha value is -1.73. The van der Waals surface area contributed by atoms with E-state index in [1.165, 1.54) is 12.1 Å². The lowest BCUT2D eigenvalue weighted by Gasteiger charge is -2.32. The lowest BCUT2D eigenvalue weighted by Crippen LogP contribution is -2.48. The summed E-state index contributed by atoms with van der Waals surface area (Å²) in [6.45, 7) is 2.87. The maximum atomic E-state index is 13.7. The molecular weight excluding hydrogens is 293 g/mol. The molecule has 1 aliphatic rings. The van der Waals surface area contributed by atoms with Gasteiger partial charge in [0, 0.05) is 26.2 Å². The van der Waals surface area contributed by atoms with Gasteiger partial charge in [0.15, 0.2) is 6.61 Å². The number of carbonyl (C=O) groups is 1. The smallest absolute Gasteiger partial charge is 0.260 e. The number of likely N-dealkylation sites (N-methyl/N-ethyl adjacent to an activating group) is 1. The molecule has 0 spiro atoms. The molecule has 1 saturated heterocycles. The summed E-state index contributed by atoms with van der Waals surface area (Å²) in [5.41, 5.74) is 5.53. The Morgan fingerprint density at radius 3 is 2.67 bits per heavy atom. The highest BCUT2D eigenvalue weighted by Crippen LogP contribution is 2.21. The molecule has 0 unspecified atom stereocenters. The number of halogens is 1. The van der Waals surface area contributed by atoms with Crippen LogP contribution in [-0.2, 0) is 4.79 Å². The fourth-order valence-electron chi connectivity index (χ4n) is 2.15. The van der Waals surface area contributed by atoms with Crippen molar-refractivity contribution >= 4 is 23.1 Å². The van der Waals surface area contributed by atoms with Gasteiger partial charge >= 0.3 is 0 Å². The van der Waals surface area contributed by atoms with Crippen LogP contribution in [0.25, 0.3) is 0 Å². The highest BCUT2D eigenvalue weighted by molar-refractivity contribution is 7.80. The summed E-state index contributed by atoms with van der Waals surface area (Å²) < 4.78 is 19.1. The molecule has 1 aromatic rings. The molecular formula is C14H18FN3O2S. The first kappa shape index (κ1) is 15.7. The molecule has 21 heavy (non-hydrogen) atoms. The van der Waals surface area contributed by atoms with Crippen molar-refractivity contribution < 1.29 is 13.9 Å². The Morgan fingerprint density at radius 1 is 1.38 bits per heavy atom. The van der Waals surface area contributed by atoms with Gasteiger partial charge in [0.2, 0.25) is 0 Å². The number of ether oxygens (including phenoxy) is 1. The minimum Gasteiger partial charge on any atom is -0.483 e. The molecule has 2 rings (SSSR count).